The zero-order chi connectivity index (χ0) is 38.1. The van der Waals surface area contributed by atoms with Crippen molar-refractivity contribution < 1.29 is 32.8 Å². The summed E-state index contributed by atoms with van der Waals surface area (Å²) in [7, 11) is -4.30. The molecule has 52 heavy (non-hydrogen) atoms. The summed E-state index contributed by atoms with van der Waals surface area (Å²) in [6, 6.07) is 0. The summed E-state index contributed by atoms with van der Waals surface area (Å²) in [4.78, 5) is 22.4. The second-order valence-electron chi connectivity index (χ2n) is 13.2. The van der Waals surface area contributed by atoms with E-state index in [2.05, 4.69) is 74.6 Å². The lowest BCUT2D eigenvalue weighted by molar-refractivity contribution is -0.153. The van der Waals surface area contributed by atoms with Crippen LogP contribution in [-0.2, 0) is 27.9 Å². The van der Waals surface area contributed by atoms with Crippen LogP contribution in [0.4, 0.5) is 0 Å². The fraction of sp³-hybridized carbons (Fsp3) is 0.698. The first kappa shape index (κ1) is 49.8. The molecule has 0 heterocycles. The van der Waals surface area contributed by atoms with Crippen LogP contribution in [0.25, 0.3) is 0 Å². The molecule has 0 saturated heterocycles. The van der Waals surface area contributed by atoms with E-state index >= 15 is 0 Å². The van der Waals surface area contributed by atoms with E-state index in [1.165, 1.54) is 70.6 Å². The molecule has 1 unspecified atom stereocenters. The van der Waals surface area contributed by atoms with E-state index < -0.39 is 13.9 Å². The monoisotopic (exact) mass is 750 g/mol. The molecule has 8 nitrogen and oxygen atoms in total. The third kappa shape index (κ3) is 39.0. The normalized spacial score (nSPS) is 14.2. The van der Waals surface area contributed by atoms with Gasteiger partial charge in [0.1, 0.15) is 6.61 Å². The van der Waals surface area contributed by atoms with Crippen molar-refractivity contribution in [1.82, 2.24) is 0 Å². The van der Waals surface area contributed by atoms with E-state index in [-0.39, 0.29) is 38.8 Å². The molecule has 9 heteroatoms. The summed E-state index contributed by atoms with van der Waals surface area (Å²) in [5.74, 6) is -0.380. The average Bonchev–Trinajstić information content (AvgIpc) is 3.13. The molecule has 0 aliphatic heterocycles. The molecule has 2 atom stereocenters. The van der Waals surface area contributed by atoms with Gasteiger partial charge in [-0.15, -0.1) is 0 Å². The summed E-state index contributed by atoms with van der Waals surface area (Å²) in [6.45, 7) is 4.06. The summed E-state index contributed by atoms with van der Waals surface area (Å²) < 4.78 is 33.1. The summed E-state index contributed by atoms with van der Waals surface area (Å²) in [5.41, 5.74) is 5.35. The van der Waals surface area contributed by atoms with E-state index in [9.17, 15) is 14.3 Å². The maximum absolute atomic E-state index is 12.5. The molecule has 300 valence electrons. The molecule has 0 saturated carbocycles. The minimum absolute atomic E-state index is 0.0151. The highest BCUT2D eigenvalue weighted by molar-refractivity contribution is 7.47. The van der Waals surface area contributed by atoms with E-state index in [1.54, 1.807) is 6.26 Å². The SMILES string of the molecule is CC/C=C\C/C=C\C/C=C\C/C=C\CCCCCCC(=O)O[C@H](CO/C=C\CCCCCCCC/C=C\CCCCCC)COP(=O)(O)OCCN. The molecule has 0 bridgehead atoms. The molecular weight excluding hydrogens is 673 g/mol. The number of unbranched alkanes of at least 4 members (excludes halogenated alkanes) is 15. The Balaban J connectivity index is 4.19. The standard InChI is InChI=1S/C43H76NO7P/c1-3-5-7-9-11-13-15-17-19-21-22-24-26-28-30-32-34-36-43(45)51-42(41-50-52(46,47)49-39-37-44)40-48-38-35-33-31-29-27-25-23-20-18-16-14-12-10-8-6-4-2/h5,7,11,13-14,16-17,19,22,24,35,38,42H,3-4,6,8-10,12,15,18,20-21,23,25-34,36-37,39-41,44H2,1-2H3,(H,46,47)/b7-5-,13-11-,16-14-,19-17-,24-22-,38-35-/t42-/m1/s1. The number of carbonyl (C=O) groups is 1. The van der Waals surface area contributed by atoms with Gasteiger partial charge in [-0.25, -0.2) is 4.57 Å². The van der Waals surface area contributed by atoms with Crippen LogP contribution in [0.5, 0.6) is 0 Å². The Hall–Kier alpha value is -2.22. The van der Waals surface area contributed by atoms with Crippen LogP contribution < -0.4 is 5.73 Å². The first-order chi connectivity index (χ1) is 25.4. The Labute approximate surface area is 318 Å². The van der Waals surface area contributed by atoms with Crippen molar-refractivity contribution in [1.29, 1.82) is 0 Å². The molecule has 0 aromatic carbocycles. The Morgan fingerprint density at radius 3 is 1.65 bits per heavy atom. The van der Waals surface area contributed by atoms with Crippen LogP contribution >= 0.6 is 7.82 Å². The van der Waals surface area contributed by atoms with Crippen LogP contribution in [0.1, 0.15) is 162 Å². The van der Waals surface area contributed by atoms with Crippen molar-refractivity contribution in [2.45, 2.75) is 168 Å². The summed E-state index contributed by atoms with van der Waals surface area (Å²) in [6.07, 6.45) is 50.1. The lowest BCUT2D eigenvalue weighted by atomic mass is 10.1. The Morgan fingerprint density at radius 1 is 0.615 bits per heavy atom. The zero-order valence-electron chi connectivity index (χ0n) is 33.0. The molecule has 0 aromatic heterocycles. The van der Waals surface area contributed by atoms with Crippen LogP contribution in [0.3, 0.4) is 0 Å². The molecule has 0 fully saturated rings. The van der Waals surface area contributed by atoms with E-state index in [1.807, 2.05) is 6.08 Å². The van der Waals surface area contributed by atoms with Crippen molar-refractivity contribution in [2.24, 2.45) is 5.73 Å². The number of esters is 1. The predicted octanol–water partition coefficient (Wildman–Crippen LogP) is 12.3. The van der Waals surface area contributed by atoms with Gasteiger partial charge in [-0.3, -0.25) is 13.8 Å². The average molecular weight is 750 g/mol. The molecule has 3 N–H and O–H groups in total. The largest absolute Gasteiger partial charge is 0.498 e. The number of allylic oxidation sites excluding steroid dienone is 11. The first-order valence-electron chi connectivity index (χ1n) is 20.5. The maximum atomic E-state index is 12.5. The van der Waals surface area contributed by atoms with Gasteiger partial charge in [-0.1, -0.05) is 132 Å². The highest BCUT2D eigenvalue weighted by Gasteiger charge is 2.25. The Kier molecular flexibility index (Phi) is 38.3. The molecule has 0 aliphatic carbocycles. The highest BCUT2D eigenvalue weighted by Crippen LogP contribution is 2.43. The van der Waals surface area contributed by atoms with Crippen LogP contribution in [0, 0.1) is 0 Å². The molecular formula is C43H76NO7P. The number of phosphoric acid groups is 1. The number of hydrogen-bond donors (Lipinski definition) is 2. The van der Waals surface area contributed by atoms with Crippen LogP contribution in [0.2, 0.25) is 0 Å². The molecule has 0 aliphatic rings. The van der Waals surface area contributed by atoms with Crippen molar-refractivity contribution in [3.63, 3.8) is 0 Å². The molecule has 0 radical (unpaired) electrons. The number of rotatable bonds is 38. The molecule has 0 aromatic rings. The summed E-state index contributed by atoms with van der Waals surface area (Å²) >= 11 is 0. The number of hydrogen-bond acceptors (Lipinski definition) is 7. The van der Waals surface area contributed by atoms with Crippen molar-refractivity contribution in [3.8, 4) is 0 Å². The highest BCUT2D eigenvalue weighted by atomic mass is 31.2. The molecule has 0 amide bonds. The maximum Gasteiger partial charge on any atom is 0.472 e. The van der Waals surface area contributed by atoms with Gasteiger partial charge in [0, 0.05) is 13.0 Å². The Morgan fingerprint density at radius 2 is 1.10 bits per heavy atom. The van der Waals surface area contributed by atoms with E-state index in [0.29, 0.717) is 0 Å². The number of carbonyl (C=O) groups excluding carboxylic acids is 1. The number of phosphoric ester groups is 1. The minimum Gasteiger partial charge on any atom is -0.498 e. The third-order valence-electron chi connectivity index (χ3n) is 8.17. The van der Waals surface area contributed by atoms with Crippen LogP contribution in [0.15, 0.2) is 73.1 Å². The van der Waals surface area contributed by atoms with Gasteiger partial charge < -0.3 is 20.1 Å². The number of nitrogens with two attached hydrogens (primary N) is 1. The number of ether oxygens (including phenoxy) is 2. The smallest absolute Gasteiger partial charge is 0.472 e. The fourth-order valence-electron chi connectivity index (χ4n) is 5.18. The van der Waals surface area contributed by atoms with Crippen molar-refractivity contribution in [3.05, 3.63) is 73.1 Å². The van der Waals surface area contributed by atoms with Gasteiger partial charge in [0.15, 0.2) is 6.10 Å². The third-order valence-corrected chi connectivity index (χ3v) is 9.16. The van der Waals surface area contributed by atoms with Gasteiger partial charge in [0.2, 0.25) is 0 Å². The van der Waals surface area contributed by atoms with Gasteiger partial charge in [-0.05, 0) is 89.5 Å². The molecule has 0 rings (SSSR count). The van der Waals surface area contributed by atoms with Crippen molar-refractivity contribution in [2.75, 3.05) is 26.4 Å². The van der Waals surface area contributed by atoms with Gasteiger partial charge >= 0.3 is 13.8 Å². The first-order valence-corrected chi connectivity index (χ1v) is 22.0. The van der Waals surface area contributed by atoms with Crippen LogP contribution in [-0.4, -0.2) is 43.3 Å². The van der Waals surface area contributed by atoms with Crippen molar-refractivity contribution >= 4 is 13.8 Å². The molecule has 0 spiro atoms. The second-order valence-corrected chi connectivity index (χ2v) is 14.6. The topological polar surface area (TPSA) is 117 Å². The van der Waals surface area contributed by atoms with E-state index in [0.717, 1.165) is 70.6 Å². The second kappa shape index (κ2) is 40.0. The summed E-state index contributed by atoms with van der Waals surface area (Å²) in [5, 5.41) is 0. The lowest BCUT2D eigenvalue weighted by Gasteiger charge is -2.19. The lowest BCUT2D eigenvalue weighted by Crippen LogP contribution is -2.27. The van der Waals surface area contributed by atoms with Gasteiger partial charge in [0.05, 0.1) is 19.5 Å². The Bertz CT molecular complexity index is 1020. The zero-order valence-corrected chi connectivity index (χ0v) is 33.9. The quantitative estimate of drug-likeness (QED) is 0.0211. The van der Waals surface area contributed by atoms with Gasteiger partial charge in [0.25, 0.3) is 0 Å². The fourth-order valence-corrected chi connectivity index (χ4v) is 5.95. The van der Waals surface area contributed by atoms with E-state index in [4.69, 9.17) is 24.3 Å². The minimum atomic E-state index is -4.30. The van der Waals surface area contributed by atoms with Gasteiger partial charge in [-0.2, -0.15) is 0 Å². The predicted molar refractivity (Wildman–Crippen MR) is 219 cm³/mol.